The minimum atomic E-state index is -0.762. The Hall–Kier alpha value is -2.96. The van der Waals surface area contributed by atoms with Crippen molar-refractivity contribution in [2.45, 2.75) is 0 Å². The van der Waals surface area contributed by atoms with Crippen LogP contribution in [0.2, 0.25) is 0 Å². The number of nitrogens with zero attached hydrogens (tertiary/aromatic N) is 1. The Morgan fingerprint density at radius 1 is 1.05 bits per heavy atom. The van der Waals surface area contributed by atoms with Crippen molar-refractivity contribution in [2.24, 2.45) is 0 Å². The molecule has 0 aliphatic carbocycles. The van der Waals surface area contributed by atoms with Gasteiger partial charge in [-0.05, 0) is 12.1 Å². The number of benzene rings is 1. The number of carbonyl (C=O) groups excluding carboxylic acids is 4. The standard InChI is InChI=1S/C15H13NO6/c1-21-12(17)6-7-13(18)22-9-8-16-14(19)10-4-2-3-5-11(10)15(16)20/h2-7H,8-9H2,1H3. The number of imide groups is 1. The smallest absolute Gasteiger partial charge is 0.331 e. The van der Waals surface area contributed by atoms with Gasteiger partial charge < -0.3 is 9.47 Å². The molecule has 2 amide bonds. The van der Waals surface area contributed by atoms with Crippen LogP contribution in [0.25, 0.3) is 0 Å². The van der Waals surface area contributed by atoms with E-state index in [0.717, 1.165) is 17.1 Å². The molecule has 0 aromatic heterocycles. The summed E-state index contributed by atoms with van der Waals surface area (Å²) in [6.45, 7) is -0.208. The van der Waals surface area contributed by atoms with Crippen LogP contribution in [0.3, 0.4) is 0 Å². The first kappa shape index (κ1) is 15.4. The molecule has 1 aliphatic heterocycles. The molecule has 0 spiro atoms. The van der Waals surface area contributed by atoms with Crippen LogP contribution in [0.4, 0.5) is 0 Å². The van der Waals surface area contributed by atoms with Crippen molar-refractivity contribution in [3.8, 4) is 0 Å². The molecule has 0 radical (unpaired) electrons. The highest BCUT2D eigenvalue weighted by Crippen LogP contribution is 2.21. The summed E-state index contributed by atoms with van der Waals surface area (Å²) in [5, 5.41) is 0. The van der Waals surface area contributed by atoms with Crippen molar-refractivity contribution in [1.29, 1.82) is 0 Å². The third-order valence-electron chi connectivity index (χ3n) is 2.99. The maximum absolute atomic E-state index is 12.0. The number of hydrogen-bond acceptors (Lipinski definition) is 6. The zero-order valence-corrected chi connectivity index (χ0v) is 11.8. The maximum Gasteiger partial charge on any atom is 0.331 e. The van der Waals surface area contributed by atoms with Gasteiger partial charge in [-0.1, -0.05) is 12.1 Å². The minimum Gasteiger partial charge on any atom is -0.466 e. The molecule has 1 aromatic rings. The second-order valence-corrected chi connectivity index (χ2v) is 4.33. The fourth-order valence-corrected chi connectivity index (χ4v) is 1.93. The summed E-state index contributed by atoms with van der Waals surface area (Å²) in [7, 11) is 1.18. The van der Waals surface area contributed by atoms with Gasteiger partial charge in [0.25, 0.3) is 11.8 Å². The Morgan fingerprint density at radius 2 is 1.59 bits per heavy atom. The van der Waals surface area contributed by atoms with Gasteiger partial charge in [0, 0.05) is 12.2 Å². The number of carbonyl (C=O) groups is 4. The molecular weight excluding hydrogens is 290 g/mol. The third-order valence-corrected chi connectivity index (χ3v) is 2.99. The Morgan fingerprint density at radius 3 is 2.14 bits per heavy atom. The largest absolute Gasteiger partial charge is 0.466 e. The zero-order valence-electron chi connectivity index (χ0n) is 11.8. The van der Waals surface area contributed by atoms with Gasteiger partial charge >= 0.3 is 11.9 Å². The van der Waals surface area contributed by atoms with Crippen molar-refractivity contribution < 1.29 is 28.7 Å². The van der Waals surface area contributed by atoms with Gasteiger partial charge in [0.15, 0.2) is 0 Å². The van der Waals surface area contributed by atoms with Crippen LogP contribution in [0.1, 0.15) is 20.7 Å². The monoisotopic (exact) mass is 303 g/mol. The van der Waals surface area contributed by atoms with Crippen molar-refractivity contribution in [3.63, 3.8) is 0 Å². The highest BCUT2D eigenvalue weighted by Gasteiger charge is 2.34. The number of hydrogen-bond donors (Lipinski definition) is 0. The molecule has 22 heavy (non-hydrogen) atoms. The number of fused-ring (bicyclic) bond motifs is 1. The van der Waals surface area contributed by atoms with Crippen LogP contribution < -0.4 is 0 Å². The summed E-state index contributed by atoms with van der Waals surface area (Å²) >= 11 is 0. The predicted octanol–water partition coefficient (Wildman–Crippen LogP) is 0.555. The molecule has 0 saturated heterocycles. The van der Waals surface area contributed by atoms with E-state index in [1.165, 1.54) is 7.11 Å². The lowest BCUT2D eigenvalue weighted by molar-refractivity contribution is -0.139. The topological polar surface area (TPSA) is 90.0 Å². The molecular formula is C15H13NO6. The molecule has 0 unspecified atom stereocenters. The lowest BCUT2D eigenvalue weighted by Gasteiger charge is -2.13. The second kappa shape index (κ2) is 6.66. The van der Waals surface area contributed by atoms with Crippen molar-refractivity contribution in [3.05, 3.63) is 47.5 Å². The molecule has 0 saturated carbocycles. The number of rotatable bonds is 5. The third kappa shape index (κ3) is 3.20. The van der Waals surface area contributed by atoms with E-state index in [1.54, 1.807) is 24.3 Å². The number of ether oxygens (including phenoxy) is 2. The van der Waals surface area contributed by atoms with E-state index in [9.17, 15) is 19.2 Å². The normalized spacial score (nSPS) is 13.4. The number of amides is 2. The molecule has 114 valence electrons. The first-order valence-electron chi connectivity index (χ1n) is 6.42. The number of methoxy groups -OCH3 is 1. The molecule has 7 heteroatoms. The molecule has 0 N–H and O–H groups in total. The molecule has 0 fully saturated rings. The fourth-order valence-electron chi connectivity index (χ4n) is 1.93. The summed E-state index contributed by atoms with van der Waals surface area (Å²) in [6, 6.07) is 6.48. The van der Waals surface area contributed by atoms with Crippen LogP contribution in [0, 0.1) is 0 Å². The van der Waals surface area contributed by atoms with Gasteiger partial charge in [-0.25, -0.2) is 9.59 Å². The second-order valence-electron chi connectivity index (χ2n) is 4.33. The van der Waals surface area contributed by atoms with E-state index in [2.05, 4.69) is 4.74 Å². The Bertz CT molecular complexity index is 629. The first-order valence-corrected chi connectivity index (χ1v) is 6.42. The zero-order chi connectivity index (χ0) is 16.1. The summed E-state index contributed by atoms with van der Waals surface area (Å²) in [4.78, 5) is 47.2. The molecule has 0 atom stereocenters. The molecule has 1 heterocycles. The van der Waals surface area contributed by atoms with E-state index in [1.807, 2.05) is 0 Å². The van der Waals surface area contributed by atoms with E-state index in [0.29, 0.717) is 11.1 Å². The molecule has 0 bridgehead atoms. The van der Waals surface area contributed by atoms with Crippen LogP contribution in [0.5, 0.6) is 0 Å². The van der Waals surface area contributed by atoms with Gasteiger partial charge in [0.1, 0.15) is 6.61 Å². The molecule has 1 aromatic carbocycles. The fraction of sp³-hybridized carbons (Fsp3) is 0.200. The van der Waals surface area contributed by atoms with Gasteiger partial charge in [-0.15, -0.1) is 0 Å². The average molecular weight is 303 g/mol. The lowest BCUT2D eigenvalue weighted by Crippen LogP contribution is -2.33. The quantitative estimate of drug-likeness (QED) is 0.448. The Balaban J connectivity index is 1.88. The molecule has 1 aliphatic rings. The van der Waals surface area contributed by atoms with Crippen molar-refractivity contribution in [2.75, 3.05) is 20.3 Å². The first-order chi connectivity index (χ1) is 10.5. The van der Waals surface area contributed by atoms with E-state index >= 15 is 0 Å². The van der Waals surface area contributed by atoms with Crippen LogP contribution in [-0.2, 0) is 19.1 Å². The SMILES string of the molecule is COC(=O)C=CC(=O)OCCN1C(=O)c2ccccc2C1=O. The summed E-state index contributed by atoms with van der Waals surface area (Å²) in [5.74, 6) is -2.28. The van der Waals surface area contributed by atoms with Gasteiger partial charge in [-0.2, -0.15) is 0 Å². The summed E-state index contributed by atoms with van der Waals surface area (Å²) in [6.07, 6.45) is 1.83. The minimum absolute atomic E-state index is 0.0514. The van der Waals surface area contributed by atoms with E-state index in [-0.39, 0.29) is 13.2 Å². The summed E-state index contributed by atoms with van der Waals surface area (Å²) in [5.41, 5.74) is 0.675. The average Bonchev–Trinajstić information content (AvgIpc) is 2.78. The Kier molecular flexibility index (Phi) is 4.67. The van der Waals surface area contributed by atoms with Gasteiger partial charge in [0.2, 0.25) is 0 Å². The molecule has 2 rings (SSSR count). The van der Waals surface area contributed by atoms with Crippen molar-refractivity contribution >= 4 is 23.8 Å². The van der Waals surface area contributed by atoms with Crippen LogP contribution in [0.15, 0.2) is 36.4 Å². The maximum atomic E-state index is 12.0. The van der Waals surface area contributed by atoms with Crippen molar-refractivity contribution in [1.82, 2.24) is 4.90 Å². The van der Waals surface area contributed by atoms with Gasteiger partial charge in [0.05, 0.1) is 24.8 Å². The van der Waals surface area contributed by atoms with E-state index in [4.69, 9.17) is 4.74 Å². The summed E-state index contributed by atoms with van der Waals surface area (Å²) < 4.78 is 9.13. The number of esters is 2. The highest BCUT2D eigenvalue weighted by atomic mass is 16.5. The van der Waals surface area contributed by atoms with Crippen LogP contribution in [-0.4, -0.2) is 48.9 Å². The van der Waals surface area contributed by atoms with E-state index < -0.39 is 23.8 Å². The van der Waals surface area contributed by atoms with Gasteiger partial charge in [-0.3, -0.25) is 14.5 Å². The molecule has 7 nitrogen and oxygen atoms in total. The lowest BCUT2D eigenvalue weighted by atomic mass is 10.1. The highest BCUT2D eigenvalue weighted by molar-refractivity contribution is 6.21. The Labute approximate surface area is 126 Å². The predicted molar refractivity (Wildman–Crippen MR) is 73.9 cm³/mol. The van der Waals surface area contributed by atoms with Crippen LogP contribution >= 0.6 is 0 Å².